The van der Waals surface area contributed by atoms with Crippen molar-refractivity contribution in [3.05, 3.63) is 83.4 Å². The van der Waals surface area contributed by atoms with Gasteiger partial charge in [-0.15, -0.1) is 0 Å². The molecule has 0 saturated carbocycles. The van der Waals surface area contributed by atoms with Crippen LogP contribution in [0.1, 0.15) is 47.4 Å². The molecule has 0 radical (unpaired) electrons. The van der Waals surface area contributed by atoms with Crippen LogP contribution in [0, 0.1) is 0 Å². The Kier molecular flexibility index (Phi) is 4.50. The zero-order valence-electron chi connectivity index (χ0n) is 18.8. The lowest BCUT2D eigenvalue weighted by atomic mass is 9.88. The summed E-state index contributed by atoms with van der Waals surface area (Å²) < 4.78 is 6.24. The number of nitrogens with one attached hydrogen (secondary N) is 3. The summed E-state index contributed by atoms with van der Waals surface area (Å²) in [5.74, 6) is 2.18. The van der Waals surface area contributed by atoms with Gasteiger partial charge in [-0.1, -0.05) is 42.5 Å². The highest BCUT2D eigenvalue weighted by Gasteiger charge is 2.37. The van der Waals surface area contributed by atoms with Crippen molar-refractivity contribution in [2.45, 2.75) is 36.9 Å². The molecule has 3 aromatic carbocycles. The second kappa shape index (κ2) is 7.70. The molecule has 7 rings (SSSR count). The summed E-state index contributed by atoms with van der Waals surface area (Å²) in [6.07, 6.45) is 2.63. The molecule has 5 heteroatoms. The molecule has 4 heterocycles. The monoisotopic (exact) mass is 438 g/mol. The van der Waals surface area contributed by atoms with Crippen molar-refractivity contribution in [1.82, 2.24) is 5.32 Å². The summed E-state index contributed by atoms with van der Waals surface area (Å²) in [7, 11) is 0. The Morgan fingerprint density at radius 2 is 1.76 bits per heavy atom. The van der Waals surface area contributed by atoms with Crippen LogP contribution in [-0.4, -0.2) is 32.4 Å². The Balaban J connectivity index is 1.04. The number of para-hydroxylation sites is 2. The average molecular weight is 439 g/mol. The molecule has 3 N–H and O–H groups in total. The van der Waals surface area contributed by atoms with Gasteiger partial charge in [-0.25, -0.2) is 0 Å². The number of piperidine rings is 1. The van der Waals surface area contributed by atoms with Crippen molar-refractivity contribution in [3.63, 3.8) is 0 Å². The molecule has 3 aromatic rings. The van der Waals surface area contributed by atoms with Gasteiger partial charge in [-0.2, -0.15) is 0 Å². The first-order valence-electron chi connectivity index (χ1n) is 12.3. The Hall–Kier alpha value is -3.18. The molecule has 0 aromatic heterocycles. The predicted octanol–water partition coefficient (Wildman–Crippen LogP) is 5.05. The molecule has 0 amide bonds. The quantitative estimate of drug-likeness (QED) is 0.534. The Labute approximate surface area is 195 Å². The number of benzene rings is 3. The summed E-state index contributed by atoms with van der Waals surface area (Å²) in [5.41, 5.74) is 7.84. The maximum atomic E-state index is 6.24. The van der Waals surface area contributed by atoms with Gasteiger partial charge in [0, 0.05) is 48.8 Å². The zero-order chi connectivity index (χ0) is 21.8. The van der Waals surface area contributed by atoms with Crippen LogP contribution in [0.15, 0.2) is 66.7 Å². The molecular formula is C28H30N4O. The van der Waals surface area contributed by atoms with E-state index in [1.54, 1.807) is 0 Å². The second-order valence-corrected chi connectivity index (χ2v) is 9.86. The molecule has 2 saturated heterocycles. The minimum Gasteiger partial charge on any atom is -0.474 e. The standard InChI is InChI=1S/C28H30N4O/c1-2-9-25-24(8-1)30-15-26(31-25)19-6-3-5-18(13-19)20-16-32(17-20)21-10-11-22-23-7-4-12-29-28(23)33-27(22)14-21/h1-3,5-6,8-11,13-14,20,23,26,28-31H,4,7,12,15-17H2. The topological polar surface area (TPSA) is 48.6 Å². The first-order chi connectivity index (χ1) is 16.3. The molecular weight excluding hydrogens is 408 g/mol. The van der Waals surface area contributed by atoms with E-state index in [0.717, 1.165) is 31.9 Å². The van der Waals surface area contributed by atoms with Gasteiger partial charge >= 0.3 is 0 Å². The number of hydrogen-bond acceptors (Lipinski definition) is 5. The van der Waals surface area contributed by atoms with E-state index >= 15 is 0 Å². The molecule has 4 aliphatic heterocycles. The zero-order valence-corrected chi connectivity index (χ0v) is 18.8. The molecule has 0 aliphatic carbocycles. The smallest absolute Gasteiger partial charge is 0.157 e. The van der Waals surface area contributed by atoms with Crippen LogP contribution in [0.25, 0.3) is 0 Å². The van der Waals surface area contributed by atoms with E-state index in [2.05, 4.69) is 87.6 Å². The van der Waals surface area contributed by atoms with Crippen LogP contribution in [0.2, 0.25) is 0 Å². The van der Waals surface area contributed by atoms with E-state index in [4.69, 9.17) is 4.74 Å². The molecule has 5 nitrogen and oxygen atoms in total. The van der Waals surface area contributed by atoms with Crippen molar-refractivity contribution < 1.29 is 4.74 Å². The van der Waals surface area contributed by atoms with Crippen molar-refractivity contribution in [3.8, 4) is 5.75 Å². The summed E-state index contributed by atoms with van der Waals surface area (Å²) in [4.78, 5) is 2.48. The third-order valence-corrected chi connectivity index (χ3v) is 7.84. The highest BCUT2D eigenvalue weighted by molar-refractivity contribution is 5.71. The fourth-order valence-electron chi connectivity index (χ4n) is 5.91. The summed E-state index contributed by atoms with van der Waals surface area (Å²) in [6.45, 7) is 4.09. The molecule has 2 fully saturated rings. The highest BCUT2D eigenvalue weighted by atomic mass is 16.5. The minimum atomic E-state index is 0.172. The van der Waals surface area contributed by atoms with E-state index in [1.165, 1.54) is 46.6 Å². The SMILES string of the molecule is c1cc(C2CN(c3ccc4c(c3)OC3NCCCC43)C2)cc(C2CNc3ccccc3N2)c1. The van der Waals surface area contributed by atoms with Crippen LogP contribution >= 0.6 is 0 Å². The van der Waals surface area contributed by atoms with E-state index in [-0.39, 0.29) is 6.23 Å². The normalized spacial score (nSPS) is 25.6. The number of anilines is 3. The first-order valence-corrected chi connectivity index (χ1v) is 12.3. The summed E-state index contributed by atoms with van der Waals surface area (Å²) in [6, 6.07) is 24.7. The number of fused-ring (bicyclic) bond motifs is 4. The second-order valence-electron chi connectivity index (χ2n) is 9.86. The van der Waals surface area contributed by atoms with Gasteiger partial charge in [0.15, 0.2) is 6.23 Å². The third-order valence-electron chi connectivity index (χ3n) is 7.84. The van der Waals surface area contributed by atoms with Crippen molar-refractivity contribution in [2.75, 3.05) is 41.7 Å². The van der Waals surface area contributed by atoms with Gasteiger partial charge in [-0.3, -0.25) is 5.32 Å². The van der Waals surface area contributed by atoms with Gasteiger partial charge in [0.1, 0.15) is 5.75 Å². The van der Waals surface area contributed by atoms with Crippen molar-refractivity contribution >= 4 is 17.1 Å². The van der Waals surface area contributed by atoms with Gasteiger partial charge in [0.2, 0.25) is 0 Å². The fraction of sp³-hybridized carbons (Fsp3) is 0.357. The Bertz CT molecular complexity index is 1190. The lowest BCUT2D eigenvalue weighted by molar-refractivity contribution is 0.141. The van der Waals surface area contributed by atoms with Crippen LogP contribution in [0.3, 0.4) is 0 Å². The van der Waals surface area contributed by atoms with Crippen molar-refractivity contribution in [1.29, 1.82) is 0 Å². The first kappa shape index (κ1) is 19.3. The van der Waals surface area contributed by atoms with E-state index in [9.17, 15) is 0 Å². The molecule has 3 atom stereocenters. The largest absolute Gasteiger partial charge is 0.474 e. The molecule has 168 valence electrons. The van der Waals surface area contributed by atoms with Crippen LogP contribution < -0.4 is 25.6 Å². The van der Waals surface area contributed by atoms with Gasteiger partial charge in [-0.05, 0) is 48.7 Å². The Morgan fingerprint density at radius 3 is 2.70 bits per heavy atom. The maximum Gasteiger partial charge on any atom is 0.157 e. The van der Waals surface area contributed by atoms with Crippen LogP contribution in [-0.2, 0) is 0 Å². The van der Waals surface area contributed by atoms with E-state index in [0.29, 0.717) is 17.9 Å². The summed E-state index contributed by atoms with van der Waals surface area (Å²) >= 11 is 0. The Morgan fingerprint density at radius 1 is 0.879 bits per heavy atom. The van der Waals surface area contributed by atoms with Gasteiger partial charge in [0.05, 0.1) is 17.4 Å². The van der Waals surface area contributed by atoms with Gasteiger partial charge in [0.25, 0.3) is 0 Å². The van der Waals surface area contributed by atoms with Crippen LogP contribution in [0.4, 0.5) is 17.1 Å². The van der Waals surface area contributed by atoms with Gasteiger partial charge < -0.3 is 20.3 Å². The molecule has 33 heavy (non-hydrogen) atoms. The number of ether oxygens (including phenoxy) is 1. The molecule has 0 spiro atoms. The van der Waals surface area contributed by atoms with E-state index < -0.39 is 0 Å². The third kappa shape index (κ3) is 3.34. The average Bonchev–Trinajstić information content (AvgIpc) is 3.21. The summed E-state index contributed by atoms with van der Waals surface area (Å²) in [5, 5.41) is 10.8. The van der Waals surface area contributed by atoms with E-state index in [1.807, 2.05) is 0 Å². The molecule has 3 unspecified atom stereocenters. The molecule has 4 aliphatic rings. The minimum absolute atomic E-state index is 0.172. The van der Waals surface area contributed by atoms with Crippen LogP contribution in [0.5, 0.6) is 5.75 Å². The predicted molar refractivity (Wildman–Crippen MR) is 134 cm³/mol. The molecule has 0 bridgehead atoms. The fourth-order valence-corrected chi connectivity index (χ4v) is 5.91. The number of nitrogens with zero attached hydrogens (tertiary/aromatic N) is 1. The maximum absolute atomic E-state index is 6.24. The lowest BCUT2D eigenvalue weighted by Crippen LogP contribution is -2.45. The lowest BCUT2D eigenvalue weighted by Gasteiger charge is -2.42. The highest BCUT2D eigenvalue weighted by Crippen LogP contribution is 2.44. The number of rotatable bonds is 3. The number of hydrogen-bond donors (Lipinski definition) is 3. The van der Waals surface area contributed by atoms with Crippen molar-refractivity contribution in [2.24, 2.45) is 0 Å².